The van der Waals surface area contributed by atoms with Crippen molar-refractivity contribution in [3.8, 4) is 0 Å². The Labute approximate surface area is 133 Å². The molecule has 0 aromatic carbocycles. The molecule has 9 heteroatoms. The van der Waals surface area contributed by atoms with Gasteiger partial charge in [0.25, 0.3) is 5.92 Å². The average Bonchev–Trinajstić information content (AvgIpc) is 2.60. The Morgan fingerprint density at radius 3 is 2.74 bits per heavy atom. The summed E-state index contributed by atoms with van der Waals surface area (Å²) in [6, 6.07) is -0.511. The number of carboxylic acids is 1. The molecule has 1 aliphatic heterocycles. The number of nitrogens with zero attached hydrogens (tertiary/aromatic N) is 2. The van der Waals surface area contributed by atoms with Crippen molar-refractivity contribution < 1.29 is 28.2 Å². The third kappa shape index (κ3) is 5.00. The number of aliphatic carboxylic acids is 1. The van der Waals surface area contributed by atoms with E-state index in [9.17, 15) is 18.4 Å². The Kier molecular flexibility index (Phi) is 5.74. The van der Waals surface area contributed by atoms with Crippen LogP contribution in [-0.4, -0.2) is 84.3 Å². The van der Waals surface area contributed by atoms with Gasteiger partial charge in [0.05, 0.1) is 19.7 Å². The van der Waals surface area contributed by atoms with Crippen molar-refractivity contribution in [3.63, 3.8) is 0 Å². The van der Waals surface area contributed by atoms with Gasteiger partial charge in [0.1, 0.15) is 6.61 Å². The number of likely N-dealkylation sites (N-methyl/N-ethyl adjacent to an activating group) is 1. The number of urea groups is 1. The fourth-order valence-corrected chi connectivity index (χ4v) is 2.92. The summed E-state index contributed by atoms with van der Waals surface area (Å²) in [6.07, 6.45) is 1.27. The highest BCUT2D eigenvalue weighted by Crippen LogP contribution is 2.26. The normalized spacial score (nSPS) is 27.2. The zero-order valence-corrected chi connectivity index (χ0v) is 13.1. The van der Waals surface area contributed by atoms with Crippen LogP contribution in [0.25, 0.3) is 0 Å². The molecular weight excluding hydrogens is 312 g/mol. The lowest BCUT2D eigenvalue weighted by Crippen LogP contribution is -2.57. The number of carbonyl (C=O) groups excluding carboxylic acids is 1. The van der Waals surface area contributed by atoms with Gasteiger partial charge >= 0.3 is 12.0 Å². The maximum Gasteiger partial charge on any atom is 0.317 e. The predicted molar refractivity (Wildman–Crippen MR) is 77.6 cm³/mol. The first-order chi connectivity index (χ1) is 10.8. The molecule has 0 aromatic rings. The molecule has 2 fully saturated rings. The summed E-state index contributed by atoms with van der Waals surface area (Å²) in [5.74, 6) is -3.91. The van der Waals surface area contributed by atoms with Crippen molar-refractivity contribution in [2.45, 2.75) is 37.8 Å². The smallest absolute Gasteiger partial charge is 0.317 e. The number of alkyl halides is 2. The topological polar surface area (TPSA) is 82.1 Å². The van der Waals surface area contributed by atoms with Crippen LogP contribution in [0.1, 0.15) is 19.8 Å². The quantitative estimate of drug-likeness (QED) is 0.769. The Balaban J connectivity index is 1.78. The van der Waals surface area contributed by atoms with Crippen LogP contribution >= 0.6 is 0 Å². The molecule has 7 nitrogen and oxygen atoms in total. The molecule has 0 aromatic heterocycles. The molecule has 2 aliphatic rings. The highest BCUT2D eigenvalue weighted by Gasteiger charge is 2.39. The number of hydrogen-bond acceptors (Lipinski definition) is 4. The second kappa shape index (κ2) is 7.39. The van der Waals surface area contributed by atoms with Gasteiger partial charge < -0.3 is 20.1 Å². The van der Waals surface area contributed by atoms with Gasteiger partial charge in [0.15, 0.2) is 0 Å². The lowest BCUT2D eigenvalue weighted by molar-refractivity contribution is -0.139. The first-order valence-electron chi connectivity index (χ1n) is 7.77. The summed E-state index contributed by atoms with van der Waals surface area (Å²) in [5.41, 5.74) is 0. The van der Waals surface area contributed by atoms with Crippen LogP contribution in [0.2, 0.25) is 0 Å². The Bertz CT molecular complexity index is 444. The molecule has 1 saturated heterocycles. The zero-order chi connectivity index (χ0) is 17.0. The van der Waals surface area contributed by atoms with Crippen molar-refractivity contribution in [1.82, 2.24) is 15.1 Å². The fraction of sp³-hybridized carbons (Fsp3) is 0.857. The van der Waals surface area contributed by atoms with Gasteiger partial charge in [-0.15, -0.1) is 0 Å². The number of amides is 2. The largest absolute Gasteiger partial charge is 0.480 e. The Morgan fingerprint density at radius 2 is 2.13 bits per heavy atom. The van der Waals surface area contributed by atoms with E-state index in [2.05, 4.69) is 5.32 Å². The highest BCUT2D eigenvalue weighted by molar-refractivity contribution is 5.74. The van der Waals surface area contributed by atoms with Gasteiger partial charge in [-0.1, -0.05) is 6.92 Å². The van der Waals surface area contributed by atoms with E-state index >= 15 is 0 Å². The number of ether oxygens (including phenoxy) is 1. The summed E-state index contributed by atoms with van der Waals surface area (Å²) in [4.78, 5) is 25.8. The summed E-state index contributed by atoms with van der Waals surface area (Å²) >= 11 is 0. The standard InChI is InChI=1S/C14H23F2N3O4/c1-2-18(7-12(20)21)11-5-10(6-11)17-13(22)19-3-4-23-9-14(15,16)8-19/h10-11H,2-9H2,1H3,(H,17,22)(H,20,21). The Morgan fingerprint density at radius 1 is 1.43 bits per heavy atom. The van der Waals surface area contributed by atoms with Crippen LogP contribution in [0.4, 0.5) is 13.6 Å². The van der Waals surface area contributed by atoms with E-state index in [-0.39, 0.29) is 31.8 Å². The molecule has 2 N–H and O–H groups in total. The maximum atomic E-state index is 13.4. The number of carbonyl (C=O) groups is 2. The van der Waals surface area contributed by atoms with Crippen LogP contribution < -0.4 is 5.32 Å². The van der Waals surface area contributed by atoms with Gasteiger partial charge in [0.2, 0.25) is 0 Å². The summed E-state index contributed by atoms with van der Waals surface area (Å²) in [7, 11) is 0. The second-order valence-electron chi connectivity index (χ2n) is 6.06. The minimum Gasteiger partial charge on any atom is -0.480 e. The lowest BCUT2D eigenvalue weighted by Gasteiger charge is -2.42. The second-order valence-corrected chi connectivity index (χ2v) is 6.06. The predicted octanol–water partition coefficient (Wildman–Crippen LogP) is 0.601. The fourth-order valence-electron chi connectivity index (χ4n) is 2.92. The number of nitrogens with one attached hydrogen (secondary N) is 1. The molecule has 0 bridgehead atoms. The van der Waals surface area contributed by atoms with Crippen molar-refractivity contribution in [2.24, 2.45) is 0 Å². The van der Waals surface area contributed by atoms with E-state index in [1.165, 1.54) is 0 Å². The molecule has 0 radical (unpaired) electrons. The SMILES string of the molecule is CCN(CC(=O)O)C1CC(NC(=O)N2CCOCC(F)(F)C2)C1. The molecule has 1 aliphatic carbocycles. The third-order valence-corrected chi connectivity index (χ3v) is 4.23. The van der Waals surface area contributed by atoms with E-state index in [1.54, 1.807) is 0 Å². The van der Waals surface area contributed by atoms with E-state index < -0.39 is 31.1 Å². The van der Waals surface area contributed by atoms with Crippen molar-refractivity contribution in [1.29, 1.82) is 0 Å². The minimum atomic E-state index is -3.03. The summed E-state index contributed by atoms with van der Waals surface area (Å²) < 4.78 is 31.7. The first-order valence-corrected chi connectivity index (χ1v) is 7.77. The Hall–Kier alpha value is -1.48. The zero-order valence-electron chi connectivity index (χ0n) is 13.1. The molecule has 1 saturated carbocycles. The number of hydrogen-bond donors (Lipinski definition) is 2. The number of rotatable bonds is 5. The highest BCUT2D eigenvalue weighted by atomic mass is 19.3. The lowest BCUT2D eigenvalue weighted by atomic mass is 9.85. The van der Waals surface area contributed by atoms with E-state index in [0.717, 1.165) is 4.90 Å². The molecule has 23 heavy (non-hydrogen) atoms. The summed E-state index contributed by atoms with van der Waals surface area (Å²) in [6.45, 7) is 1.40. The van der Waals surface area contributed by atoms with E-state index in [4.69, 9.17) is 9.84 Å². The molecular formula is C14H23F2N3O4. The molecule has 132 valence electrons. The monoisotopic (exact) mass is 335 g/mol. The van der Waals surface area contributed by atoms with Crippen LogP contribution in [-0.2, 0) is 9.53 Å². The minimum absolute atomic E-state index is 0.0302. The van der Waals surface area contributed by atoms with Gasteiger partial charge in [-0.25, -0.2) is 13.6 Å². The average molecular weight is 335 g/mol. The van der Waals surface area contributed by atoms with E-state index in [1.807, 2.05) is 11.8 Å². The molecule has 1 heterocycles. The molecule has 2 rings (SSSR count). The van der Waals surface area contributed by atoms with Crippen molar-refractivity contribution in [2.75, 3.05) is 39.4 Å². The van der Waals surface area contributed by atoms with Gasteiger partial charge in [-0.05, 0) is 19.4 Å². The molecule has 0 unspecified atom stereocenters. The maximum absolute atomic E-state index is 13.4. The van der Waals surface area contributed by atoms with Gasteiger partial charge in [0, 0.05) is 18.6 Å². The van der Waals surface area contributed by atoms with Crippen molar-refractivity contribution >= 4 is 12.0 Å². The van der Waals surface area contributed by atoms with Gasteiger partial charge in [-0.3, -0.25) is 9.69 Å². The number of halogens is 2. The summed E-state index contributed by atoms with van der Waals surface area (Å²) in [5, 5.41) is 11.6. The molecule has 0 atom stereocenters. The van der Waals surface area contributed by atoms with Crippen LogP contribution in [0.5, 0.6) is 0 Å². The van der Waals surface area contributed by atoms with E-state index in [0.29, 0.717) is 19.4 Å². The molecule has 0 spiro atoms. The molecule has 2 amide bonds. The van der Waals surface area contributed by atoms with Crippen molar-refractivity contribution in [3.05, 3.63) is 0 Å². The first kappa shape index (κ1) is 17.9. The third-order valence-electron chi connectivity index (χ3n) is 4.23. The number of carboxylic acid groups (broad SMARTS) is 1. The van der Waals surface area contributed by atoms with Crippen LogP contribution in [0.15, 0.2) is 0 Å². The van der Waals surface area contributed by atoms with Gasteiger partial charge in [-0.2, -0.15) is 0 Å². The van der Waals surface area contributed by atoms with Crippen LogP contribution in [0, 0.1) is 0 Å². The van der Waals surface area contributed by atoms with Crippen LogP contribution in [0.3, 0.4) is 0 Å².